The first-order valence-corrected chi connectivity index (χ1v) is 8.97. The van der Waals surface area contributed by atoms with E-state index in [0.29, 0.717) is 12.0 Å². The van der Waals surface area contributed by atoms with Crippen molar-refractivity contribution in [2.45, 2.75) is 45.6 Å². The number of carbonyl (C=O) groups excluding carboxylic acids is 1. The van der Waals surface area contributed by atoms with Crippen molar-refractivity contribution in [3.63, 3.8) is 0 Å². The van der Waals surface area contributed by atoms with Crippen LogP contribution in [0.25, 0.3) is 6.08 Å². The van der Waals surface area contributed by atoms with Crippen LogP contribution in [0.5, 0.6) is 0 Å². The Hall–Kier alpha value is -2.43. The summed E-state index contributed by atoms with van der Waals surface area (Å²) in [5.74, 6) is 1.52. The Morgan fingerprint density at radius 3 is 2.52 bits per heavy atom. The number of hydrogen-bond acceptors (Lipinski definition) is 3. The normalized spacial score (nSPS) is 16.1. The number of nitrogens with zero attached hydrogens (tertiary/aromatic N) is 4. The lowest BCUT2D eigenvalue weighted by Crippen LogP contribution is -2.37. The molecular weight excluding hydrogens is 312 g/mol. The van der Waals surface area contributed by atoms with Gasteiger partial charge in [0.25, 0.3) is 0 Å². The number of aromatic nitrogens is 3. The average molecular weight is 338 g/mol. The number of carbonyl (C=O) groups is 1. The minimum absolute atomic E-state index is 0.0874. The van der Waals surface area contributed by atoms with Gasteiger partial charge in [0.1, 0.15) is 12.2 Å². The fourth-order valence-electron chi connectivity index (χ4n) is 3.25. The number of hydrogen-bond donors (Lipinski definition) is 0. The van der Waals surface area contributed by atoms with Crippen molar-refractivity contribution < 1.29 is 4.79 Å². The summed E-state index contributed by atoms with van der Waals surface area (Å²) in [7, 11) is 0. The first-order chi connectivity index (χ1) is 12.0. The monoisotopic (exact) mass is 338 g/mol. The summed E-state index contributed by atoms with van der Waals surface area (Å²) in [5, 5.41) is 8.37. The molecule has 3 rings (SSSR count). The number of aryl methyl sites for hydroxylation is 1. The molecule has 0 spiro atoms. The molecule has 1 aliphatic rings. The summed E-state index contributed by atoms with van der Waals surface area (Å²) in [6, 6.07) is 8.54. The van der Waals surface area contributed by atoms with Crippen LogP contribution in [0.1, 0.15) is 55.6 Å². The summed E-state index contributed by atoms with van der Waals surface area (Å²) in [5.41, 5.74) is 2.28. The van der Waals surface area contributed by atoms with E-state index in [-0.39, 0.29) is 5.91 Å². The topological polar surface area (TPSA) is 51.0 Å². The quantitative estimate of drug-likeness (QED) is 0.801. The Morgan fingerprint density at radius 1 is 1.20 bits per heavy atom. The van der Waals surface area contributed by atoms with Gasteiger partial charge in [0.05, 0.1) is 0 Å². The molecule has 1 amide bonds. The van der Waals surface area contributed by atoms with Gasteiger partial charge in [-0.15, -0.1) is 10.2 Å². The molecule has 1 saturated heterocycles. The minimum Gasteiger partial charge on any atom is -0.339 e. The van der Waals surface area contributed by atoms with Crippen LogP contribution in [-0.4, -0.2) is 38.7 Å². The number of amides is 1. The Balaban J connectivity index is 1.57. The highest BCUT2D eigenvalue weighted by Gasteiger charge is 2.26. The van der Waals surface area contributed by atoms with E-state index in [4.69, 9.17) is 0 Å². The van der Waals surface area contributed by atoms with Crippen molar-refractivity contribution >= 4 is 12.0 Å². The molecule has 1 aromatic heterocycles. The highest BCUT2D eigenvalue weighted by Crippen LogP contribution is 2.28. The molecule has 5 heteroatoms. The second-order valence-electron chi connectivity index (χ2n) is 7.03. The lowest BCUT2D eigenvalue weighted by atomic mass is 9.95. The molecule has 0 radical (unpaired) electrons. The highest BCUT2D eigenvalue weighted by molar-refractivity contribution is 5.91. The Bertz CT molecular complexity index is 737. The second-order valence-corrected chi connectivity index (χ2v) is 7.03. The van der Waals surface area contributed by atoms with E-state index in [1.807, 2.05) is 29.4 Å². The standard InChI is InChI=1S/C20H26N4O/c1-15(2)24-14-21-22-20(24)18-10-12-23(13-11-18)19(25)9-8-17-6-4-16(3)5-7-17/h4-9,14-15,18H,10-13H2,1-3H3/b9-8+. The lowest BCUT2D eigenvalue weighted by molar-refractivity contribution is -0.127. The maximum absolute atomic E-state index is 12.4. The molecule has 0 aliphatic carbocycles. The number of piperidine rings is 1. The average Bonchev–Trinajstić information content (AvgIpc) is 3.11. The fourth-order valence-corrected chi connectivity index (χ4v) is 3.25. The maximum Gasteiger partial charge on any atom is 0.246 e. The summed E-state index contributed by atoms with van der Waals surface area (Å²) in [6.45, 7) is 7.88. The number of benzene rings is 1. The first-order valence-electron chi connectivity index (χ1n) is 8.97. The van der Waals surface area contributed by atoms with Gasteiger partial charge in [-0.25, -0.2) is 0 Å². The molecule has 0 unspecified atom stereocenters. The van der Waals surface area contributed by atoms with Crippen LogP contribution in [0.15, 0.2) is 36.7 Å². The van der Waals surface area contributed by atoms with Crippen LogP contribution in [0.3, 0.4) is 0 Å². The zero-order valence-corrected chi connectivity index (χ0v) is 15.2. The smallest absolute Gasteiger partial charge is 0.246 e. The van der Waals surface area contributed by atoms with E-state index in [2.05, 4.69) is 47.7 Å². The predicted octanol–water partition coefficient (Wildman–Crippen LogP) is 3.59. The predicted molar refractivity (Wildman–Crippen MR) is 99.2 cm³/mol. The van der Waals surface area contributed by atoms with Gasteiger partial charge in [0.2, 0.25) is 5.91 Å². The van der Waals surface area contributed by atoms with Crippen molar-refractivity contribution in [2.24, 2.45) is 0 Å². The number of likely N-dealkylation sites (tertiary alicyclic amines) is 1. The first kappa shape index (κ1) is 17.4. The molecule has 2 aromatic rings. The van der Waals surface area contributed by atoms with Gasteiger partial charge in [-0.2, -0.15) is 0 Å². The van der Waals surface area contributed by atoms with Crippen molar-refractivity contribution in [3.8, 4) is 0 Å². The molecule has 0 saturated carbocycles. The molecule has 0 bridgehead atoms. The van der Waals surface area contributed by atoms with Gasteiger partial charge in [-0.05, 0) is 45.3 Å². The van der Waals surface area contributed by atoms with E-state index >= 15 is 0 Å². The molecule has 1 fully saturated rings. The van der Waals surface area contributed by atoms with Gasteiger partial charge in [0.15, 0.2) is 0 Å². The second kappa shape index (κ2) is 7.64. The Morgan fingerprint density at radius 2 is 1.88 bits per heavy atom. The Kier molecular flexibility index (Phi) is 5.31. The van der Waals surface area contributed by atoms with E-state index in [9.17, 15) is 4.79 Å². The van der Waals surface area contributed by atoms with Crippen LogP contribution >= 0.6 is 0 Å². The van der Waals surface area contributed by atoms with E-state index in [1.54, 1.807) is 6.08 Å². The van der Waals surface area contributed by atoms with Crippen LogP contribution in [0.2, 0.25) is 0 Å². The highest BCUT2D eigenvalue weighted by atomic mass is 16.2. The van der Waals surface area contributed by atoms with Crippen LogP contribution in [0, 0.1) is 6.92 Å². The lowest BCUT2D eigenvalue weighted by Gasteiger charge is -2.31. The zero-order chi connectivity index (χ0) is 17.8. The molecule has 132 valence electrons. The third kappa shape index (κ3) is 4.16. The molecule has 0 atom stereocenters. The molecule has 25 heavy (non-hydrogen) atoms. The fraction of sp³-hybridized carbons (Fsp3) is 0.450. The van der Waals surface area contributed by atoms with Crippen LogP contribution in [-0.2, 0) is 4.79 Å². The molecule has 0 N–H and O–H groups in total. The van der Waals surface area contributed by atoms with E-state index in [1.165, 1.54) is 5.56 Å². The van der Waals surface area contributed by atoms with Gasteiger partial charge >= 0.3 is 0 Å². The Labute approximate surface area is 149 Å². The number of rotatable bonds is 4. The van der Waals surface area contributed by atoms with Crippen molar-refractivity contribution in [1.82, 2.24) is 19.7 Å². The van der Waals surface area contributed by atoms with Gasteiger partial charge in [0, 0.05) is 31.1 Å². The van der Waals surface area contributed by atoms with Crippen LogP contribution < -0.4 is 0 Å². The third-order valence-electron chi connectivity index (χ3n) is 4.82. The van der Waals surface area contributed by atoms with Crippen molar-refractivity contribution in [3.05, 3.63) is 53.6 Å². The van der Waals surface area contributed by atoms with E-state index in [0.717, 1.165) is 37.3 Å². The summed E-state index contributed by atoms with van der Waals surface area (Å²) in [4.78, 5) is 14.3. The molecule has 5 nitrogen and oxygen atoms in total. The maximum atomic E-state index is 12.4. The zero-order valence-electron chi connectivity index (χ0n) is 15.2. The summed E-state index contributed by atoms with van der Waals surface area (Å²) >= 11 is 0. The SMILES string of the molecule is Cc1ccc(/C=C/C(=O)N2CCC(c3nncn3C(C)C)CC2)cc1. The van der Waals surface area contributed by atoms with E-state index < -0.39 is 0 Å². The molecule has 1 aliphatic heterocycles. The van der Waals surface area contributed by atoms with Crippen molar-refractivity contribution in [1.29, 1.82) is 0 Å². The third-order valence-corrected chi connectivity index (χ3v) is 4.82. The molecular formula is C20H26N4O. The summed E-state index contributed by atoms with van der Waals surface area (Å²) < 4.78 is 2.14. The van der Waals surface area contributed by atoms with Gasteiger partial charge in [-0.3, -0.25) is 4.79 Å². The molecule has 1 aromatic carbocycles. The van der Waals surface area contributed by atoms with Crippen molar-refractivity contribution in [2.75, 3.05) is 13.1 Å². The van der Waals surface area contributed by atoms with Gasteiger partial charge in [-0.1, -0.05) is 29.8 Å². The minimum atomic E-state index is 0.0874. The van der Waals surface area contributed by atoms with Gasteiger partial charge < -0.3 is 9.47 Å². The summed E-state index contributed by atoms with van der Waals surface area (Å²) in [6.07, 6.45) is 7.26. The van der Waals surface area contributed by atoms with Crippen LogP contribution in [0.4, 0.5) is 0 Å². The largest absolute Gasteiger partial charge is 0.339 e. The molecule has 2 heterocycles.